The smallest absolute Gasteiger partial charge is 0.166 e. The number of phenolic OH excluding ortho intramolecular Hbond substituents is 1. The van der Waals surface area contributed by atoms with Gasteiger partial charge in [0.1, 0.15) is 5.75 Å². The van der Waals surface area contributed by atoms with Crippen LogP contribution in [0.5, 0.6) is 11.5 Å². The average molecular weight is 260 g/mol. The summed E-state index contributed by atoms with van der Waals surface area (Å²) in [5, 5.41) is 9.28. The number of hydrogen-bond acceptors (Lipinski definition) is 4. The number of nitrogens with zero attached hydrogens (tertiary/aromatic N) is 1. The maximum atomic E-state index is 13.0. The van der Waals surface area contributed by atoms with Gasteiger partial charge in [0.2, 0.25) is 0 Å². The fourth-order valence-electron chi connectivity index (χ4n) is 1.52. The molecule has 0 fully saturated rings. The van der Waals surface area contributed by atoms with Crippen LogP contribution in [0.15, 0.2) is 41.4 Å². The fraction of sp³-hybridized carbons (Fsp3) is 0.0714. The van der Waals surface area contributed by atoms with Gasteiger partial charge in [-0.2, -0.15) is 0 Å². The van der Waals surface area contributed by atoms with Gasteiger partial charge in [0, 0.05) is 23.5 Å². The van der Waals surface area contributed by atoms with Gasteiger partial charge in [-0.1, -0.05) is 0 Å². The van der Waals surface area contributed by atoms with Crippen molar-refractivity contribution >= 4 is 17.6 Å². The normalized spacial score (nSPS) is 10.8. The van der Waals surface area contributed by atoms with Crippen molar-refractivity contribution in [3.63, 3.8) is 0 Å². The summed E-state index contributed by atoms with van der Waals surface area (Å²) in [5.74, 6) is -0.470. The van der Waals surface area contributed by atoms with Crippen LogP contribution in [-0.2, 0) is 0 Å². The second-order valence-corrected chi connectivity index (χ2v) is 3.89. The summed E-state index contributed by atoms with van der Waals surface area (Å²) in [6, 6.07) is 9.39. The van der Waals surface area contributed by atoms with Gasteiger partial charge >= 0.3 is 0 Å². The molecule has 0 spiro atoms. The van der Waals surface area contributed by atoms with Gasteiger partial charge in [-0.15, -0.1) is 0 Å². The maximum absolute atomic E-state index is 13.0. The first-order valence-corrected chi connectivity index (χ1v) is 5.56. The van der Waals surface area contributed by atoms with E-state index in [4.69, 9.17) is 10.5 Å². The van der Waals surface area contributed by atoms with Crippen LogP contribution in [-0.4, -0.2) is 18.4 Å². The predicted molar refractivity (Wildman–Crippen MR) is 72.7 cm³/mol. The number of nitrogen functional groups attached to an aromatic ring is 1. The lowest BCUT2D eigenvalue weighted by Crippen LogP contribution is -1.94. The van der Waals surface area contributed by atoms with E-state index in [0.717, 1.165) is 11.8 Å². The molecule has 0 unspecified atom stereocenters. The largest absolute Gasteiger partial charge is 0.505 e. The Morgan fingerprint density at radius 1 is 1.26 bits per heavy atom. The first-order chi connectivity index (χ1) is 9.10. The molecule has 0 aromatic heterocycles. The average Bonchev–Trinajstić information content (AvgIpc) is 2.42. The van der Waals surface area contributed by atoms with Crippen LogP contribution in [0.3, 0.4) is 0 Å². The Morgan fingerprint density at radius 3 is 2.58 bits per heavy atom. The standard InChI is InChI=1S/C14H13FN2O2/c1-19-11-4-2-10(3-5-11)17-8-9-6-14(18)12(15)7-13(9)16/h2-8,18H,16H2,1H3. The second-order valence-electron chi connectivity index (χ2n) is 3.89. The molecule has 0 aliphatic heterocycles. The number of halogens is 1. The van der Waals surface area contributed by atoms with Gasteiger partial charge in [0.05, 0.1) is 12.8 Å². The van der Waals surface area contributed by atoms with Crippen LogP contribution in [0.2, 0.25) is 0 Å². The molecule has 2 rings (SSSR count). The maximum Gasteiger partial charge on any atom is 0.166 e. The van der Waals surface area contributed by atoms with E-state index >= 15 is 0 Å². The van der Waals surface area contributed by atoms with E-state index < -0.39 is 11.6 Å². The number of aliphatic imine (C=N–C) groups is 1. The Balaban J connectivity index is 2.24. The Labute approximate surface area is 110 Å². The summed E-state index contributed by atoms with van der Waals surface area (Å²) < 4.78 is 18.1. The number of hydrogen-bond donors (Lipinski definition) is 2. The zero-order chi connectivity index (χ0) is 13.8. The Morgan fingerprint density at radius 2 is 1.95 bits per heavy atom. The summed E-state index contributed by atoms with van der Waals surface area (Å²) in [7, 11) is 1.58. The van der Waals surface area contributed by atoms with Crippen LogP contribution >= 0.6 is 0 Å². The summed E-state index contributed by atoms with van der Waals surface area (Å²) in [4.78, 5) is 4.19. The third-order valence-corrected chi connectivity index (χ3v) is 2.58. The number of aromatic hydroxyl groups is 1. The quantitative estimate of drug-likeness (QED) is 0.506. The number of anilines is 1. The Kier molecular flexibility index (Phi) is 3.66. The third kappa shape index (κ3) is 3.01. The van der Waals surface area contributed by atoms with Gasteiger partial charge in [-0.05, 0) is 30.3 Å². The molecule has 3 N–H and O–H groups in total. The Bertz CT molecular complexity index is 610. The van der Waals surface area contributed by atoms with Gasteiger partial charge < -0.3 is 15.6 Å². The molecule has 2 aromatic carbocycles. The number of benzene rings is 2. The highest BCUT2D eigenvalue weighted by Gasteiger charge is 2.04. The molecule has 0 aliphatic rings. The van der Waals surface area contributed by atoms with Crippen LogP contribution < -0.4 is 10.5 Å². The number of rotatable bonds is 3. The number of nitrogens with two attached hydrogens (primary N) is 1. The van der Waals surface area contributed by atoms with Crippen molar-refractivity contribution in [1.29, 1.82) is 0 Å². The van der Waals surface area contributed by atoms with Crippen molar-refractivity contribution in [1.82, 2.24) is 0 Å². The Hall–Kier alpha value is -2.56. The van der Waals surface area contributed by atoms with Crippen molar-refractivity contribution in [2.75, 3.05) is 12.8 Å². The molecule has 0 amide bonds. The van der Waals surface area contributed by atoms with E-state index in [9.17, 15) is 9.50 Å². The molecule has 2 aromatic rings. The topological polar surface area (TPSA) is 67.8 Å². The van der Waals surface area contributed by atoms with E-state index in [1.54, 1.807) is 31.4 Å². The molecular weight excluding hydrogens is 247 g/mol. The van der Waals surface area contributed by atoms with E-state index in [0.29, 0.717) is 11.3 Å². The van der Waals surface area contributed by atoms with E-state index in [1.165, 1.54) is 12.3 Å². The highest BCUT2D eigenvalue weighted by molar-refractivity contribution is 5.89. The molecule has 19 heavy (non-hydrogen) atoms. The van der Waals surface area contributed by atoms with E-state index in [-0.39, 0.29) is 5.69 Å². The van der Waals surface area contributed by atoms with Crippen LogP contribution in [0.25, 0.3) is 0 Å². The van der Waals surface area contributed by atoms with Crippen LogP contribution in [0, 0.1) is 5.82 Å². The van der Waals surface area contributed by atoms with Crippen molar-refractivity contribution in [2.24, 2.45) is 4.99 Å². The minimum Gasteiger partial charge on any atom is -0.505 e. The molecule has 4 nitrogen and oxygen atoms in total. The summed E-state index contributed by atoms with van der Waals surface area (Å²) in [6.45, 7) is 0. The lowest BCUT2D eigenvalue weighted by Gasteiger charge is -2.02. The first-order valence-electron chi connectivity index (χ1n) is 5.56. The molecule has 0 aliphatic carbocycles. The van der Waals surface area contributed by atoms with Crippen LogP contribution in [0.1, 0.15) is 5.56 Å². The number of phenols is 1. The minimum absolute atomic E-state index is 0.215. The molecule has 0 heterocycles. The molecule has 0 radical (unpaired) electrons. The molecule has 0 atom stereocenters. The first kappa shape index (κ1) is 12.9. The molecule has 98 valence electrons. The SMILES string of the molecule is COc1ccc(N=Cc2cc(O)c(F)cc2N)cc1. The van der Waals surface area contributed by atoms with E-state index in [2.05, 4.69) is 4.99 Å². The monoisotopic (exact) mass is 260 g/mol. The van der Waals surface area contributed by atoms with Crippen molar-refractivity contribution < 1.29 is 14.2 Å². The molecule has 5 heteroatoms. The van der Waals surface area contributed by atoms with Crippen molar-refractivity contribution in [2.45, 2.75) is 0 Å². The lowest BCUT2D eigenvalue weighted by atomic mass is 10.2. The van der Waals surface area contributed by atoms with E-state index in [1.807, 2.05) is 0 Å². The summed E-state index contributed by atoms with van der Waals surface area (Å²) in [6.07, 6.45) is 1.47. The van der Waals surface area contributed by atoms with Crippen molar-refractivity contribution in [3.05, 3.63) is 47.8 Å². The van der Waals surface area contributed by atoms with Crippen LogP contribution in [0.4, 0.5) is 15.8 Å². The summed E-state index contributed by atoms with van der Waals surface area (Å²) in [5.41, 5.74) is 7.00. The van der Waals surface area contributed by atoms with Crippen molar-refractivity contribution in [3.8, 4) is 11.5 Å². The van der Waals surface area contributed by atoms with Gasteiger partial charge in [-0.3, -0.25) is 4.99 Å². The zero-order valence-electron chi connectivity index (χ0n) is 10.3. The zero-order valence-corrected chi connectivity index (χ0v) is 10.3. The van der Waals surface area contributed by atoms with Gasteiger partial charge in [0.15, 0.2) is 11.6 Å². The molecule has 0 saturated heterocycles. The third-order valence-electron chi connectivity index (χ3n) is 2.58. The second kappa shape index (κ2) is 5.39. The highest BCUT2D eigenvalue weighted by Crippen LogP contribution is 2.23. The lowest BCUT2D eigenvalue weighted by molar-refractivity contribution is 0.415. The summed E-state index contributed by atoms with van der Waals surface area (Å²) >= 11 is 0. The minimum atomic E-state index is -0.751. The fourth-order valence-corrected chi connectivity index (χ4v) is 1.52. The molecular formula is C14H13FN2O2. The predicted octanol–water partition coefficient (Wildman–Crippen LogP) is 2.87. The molecule has 0 saturated carbocycles. The highest BCUT2D eigenvalue weighted by atomic mass is 19.1. The molecule has 0 bridgehead atoms. The number of ether oxygens (including phenoxy) is 1. The van der Waals surface area contributed by atoms with Gasteiger partial charge in [0.25, 0.3) is 0 Å². The van der Waals surface area contributed by atoms with Gasteiger partial charge in [-0.25, -0.2) is 4.39 Å². The number of methoxy groups -OCH3 is 1.